The van der Waals surface area contributed by atoms with Crippen LogP contribution in [0.15, 0.2) is 30.3 Å². The third kappa shape index (κ3) is 2.13. The molecule has 2 nitrogen and oxygen atoms in total. The van der Waals surface area contributed by atoms with Crippen LogP contribution in [0.2, 0.25) is 0 Å². The molecule has 2 heteroatoms. The summed E-state index contributed by atoms with van der Waals surface area (Å²) in [7, 11) is 0. The summed E-state index contributed by atoms with van der Waals surface area (Å²) in [5.74, 6) is 0.425. The van der Waals surface area contributed by atoms with E-state index in [2.05, 4.69) is 0 Å². The summed E-state index contributed by atoms with van der Waals surface area (Å²) in [5, 5.41) is 9.29. The molecule has 88 valence electrons. The minimum Gasteiger partial charge on any atom is -0.251 e. The molecule has 0 bridgehead atoms. The standard InChI is InChI=1S/C14H20O2/c1-14(16-15,12-8-4-2-5-9-12)13-10-6-3-7-11-13/h2,4-5,8-9,13,15H,3,6-7,10-11H2,1H3. The number of rotatable bonds is 3. The highest BCUT2D eigenvalue weighted by molar-refractivity contribution is 5.22. The van der Waals surface area contributed by atoms with E-state index in [1.165, 1.54) is 19.3 Å². The van der Waals surface area contributed by atoms with Gasteiger partial charge in [0.1, 0.15) is 5.60 Å². The van der Waals surface area contributed by atoms with Crippen molar-refractivity contribution in [1.82, 2.24) is 0 Å². The molecule has 1 unspecified atom stereocenters. The van der Waals surface area contributed by atoms with Crippen molar-refractivity contribution in [2.45, 2.75) is 44.6 Å². The molecule has 1 aromatic carbocycles. The molecule has 0 heterocycles. The first-order valence-electron chi connectivity index (χ1n) is 6.15. The maximum absolute atomic E-state index is 9.29. The van der Waals surface area contributed by atoms with Gasteiger partial charge < -0.3 is 0 Å². The van der Waals surface area contributed by atoms with Crippen LogP contribution in [-0.4, -0.2) is 5.26 Å². The number of hydrogen-bond donors (Lipinski definition) is 1. The predicted octanol–water partition coefficient (Wildman–Crippen LogP) is 3.97. The van der Waals surface area contributed by atoms with E-state index in [0.29, 0.717) is 5.92 Å². The molecule has 1 aliphatic rings. The summed E-state index contributed by atoms with van der Waals surface area (Å²) >= 11 is 0. The fourth-order valence-corrected chi connectivity index (χ4v) is 2.79. The van der Waals surface area contributed by atoms with Crippen molar-refractivity contribution >= 4 is 0 Å². The van der Waals surface area contributed by atoms with Crippen LogP contribution in [0.25, 0.3) is 0 Å². The van der Waals surface area contributed by atoms with Crippen LogP contribution < -0.4 is 0 Å². The van der Waals surface area contributed by atoms with Crippen molar-refractivity contribution in [3.8, 4) is 0 Å². The summed E-state index contributed by atoms with van der Waals surface area (Å²) in [6.45, 7) is 2.00. The second-order valence-corrected chi connectivity index (χ2v) is 4.90. The summed E-state index contributed by atoms with van der Waals surface area (Å²) in [5.41, 5.74) is 0.534. The van der Waals surface area contributed by atoms with Crippen molar-refractivity contribution in [2.24, 2.45) is 5.92 Å². The topological polar surface area (TPSA) is 29.5 Å². The molecule has 1 atom stereocenters. The van der Waals surface area contributed by atoms with Crippen molar-refractivity contribution in [3.63, 3.8) is 0 Å². The first-order chi connectivity index (χ1) is 7.77. The average molecular weight is 220 g/mol. The Labute approximate surface area is 97.2 Å². The van der Waals surface area contributed by atoms with Crippen LogP contribution in [0.4, 0.5) is 0 Å². The Hall–Kier alpha value is -0.860. The molecule has 1 aromatic rings. The lowest BCUT2D eigenvalue weighted by Gasteiger charge is -2.37. The van der Waals surface area contributed by atoms with Crippen LogP contribution in [0.1, 0.15) is 44.6 Å². The fraction of sp³-hybridized carbons (Fsp3) is 0.571. The Morgan fingerprint density at radius 1 is 1.12 bits per heavy atom. The van der Waals surface area contributed by atoms with Gasteiger partial charge in [0, 0.05) is 0 Å². The summed E-state index contributed by atoms with van der Waals surface area (Å²) < 4.78 is 0. The smallest absolute Gasteiger partial charge is 0.128 e. The molecule has 0 aliphatic heterocycles. The Bertz CT molecular complexity index is 317. The molecule has 1 N–H and O–H groups in total. The highest BCUT2D eigenvalue weighted by Gasteiger charge is 2.38. The Morgan fingerprint density at radius 2 is 1.75 bits per heavy atom. The van der Waals surface area contributed by atoms with Gasteiger partial charge in [0.05, 0.1) is 0 Å². The van der Waals surface area contributed by atoms with Gasteiger partial charge in [-0.05, 0) is 31.2 Å². The molecule has 0 amide bonds. The quantitative estimate of drug-likeness (QED) is 0.617. The van der Waals surface area contributed by atoms with E-state index in [0.717, 1.165) is 18.4 Å². The minimum atomic E-state index is -0.540. The number of hydrogen-bond acceptors (Lipinski definition) is 2. The molecule has 0 aromatic heterocycles. The van der Waals surface area contributed by atoms with E-state index in [1.54, 1.807) is 0 Å². The van der Waals surface area contributed by atoms with Gasteiger partial charge in [0.2, 0.25) is 0 Å². The maximum Gasteiger partial charge on any atom is 0.128 e. The van der Waals surface area contributed by atoms with E-state index >= 15 is 0 Å². The zero-order chi connectivity index (χ0) is 11.4. The van der Waals surface area contributed by atoms with Crippen molar-refractivity contribution in [2.75, 3.05) is 0 Å². The highest BCUT2D eigenvalue weighted by atomic mass is 17.1. The summed E-state index contributed by atoms with van der Waals surface area (Å²) in [6.07, 6.45) is 6.09. The average Bonchev–Trinajstić information content (AvgIpc) is 2.40. The second-order valence-electron chi connectivity index (χ2n) is 4.90. The van der Waals surface area contributed by atoms with Crippen LogP contribution in [0.3, 0.4) is 0 Å². The van der Waals surface area contributed by atoms with Gasteiger partial charge in [-0.2, -0.15) is 0 Å². The van der Waals surface area contributed by atoms with Crippen molar-refractivity contribution in [3.05, 3.63) is 35.9 Å². The number of benzene rings is 1. The molecule has 1 aliphatic carbocycles. The van der Waals surface area contributed by atoms with Crippen molar-refractivity contribution in [1.29, 1.82) is 0 Å². The Morgan fingerprint density at radius 3 is 2.31 bits per heavy atom. The predicted molar refractivity (Wildman–Crippen MR) is 64.1 cm³/mol. The van der Waals surface area contributed by atoms with Gasteiger partial charge in [-0.3, -0.25) is 5.26 Å². The van der Waals surface area contributed by atoms with Crippen molar-refractivity contribution < 1.29 is 10.1 Å². The Kier molecular flexibility index (Phi) is 3.62. The van der Waals surface area contributed by atoms with Crippen LogP contribution in [0, 0.1) is 5.92 Å². The zero-order valence-corrected chi connectivity index (χ0v) is 9.86. The minimum absolute atomic E-state index is 0.425. The summed E-state index contributed by atoms with van der Waals surface area (Å²) in [6, 6.07) is 10.0. The SMILES string of the molecule is CC(OO)(c1ccccc1)C1CCCCC1. The molecule has 0 spiro atoms. The van der Waals surface area contributed by atoms with Gasteiger partial charge in [-0.25, -0.2) is 4.89 Å². The van der Waals surface area contributed by atoms with E-state index < -0.39 is 5.60 Å². The molecule has 2 rings (SSSR count). The van der Waals surface area contributed by atoms with Gasteiger partial charge in [-0.15, -0.1) is 0 Å². The van der Waals surface area contributed by atoms with Gasteiger partial charge in [-0.1, -0.05) is 49.6 Å². The van der Waals surface area contributed by atoms with E-state index in [-0.39, 0.29) is 0 Å². The molecular weight excluding hydrogens is 200 g/mol. The van der Waals surface area contributed by atoms with Gasteiger partial charge >= 0.3 is 0 Å². The van der Waals surface area contributed by atoms with Crippen LogP contribution in [0.5, 0.6) is 0 Å². The fourth-order valence-electron chi connectivity index (χ4n) is 2.79. The molecular formula is C14H20O2. The molecule has 1 saturated carbocycles. The van der Waals surface area contributed by atoms with E-state index in [1.807, 2.05) is 37.3 Å². The monoisotopic (exact) mass is 220 g/mol. The van der Waals surface area contributed by atoms with Crippen LogP contribution >= 0.6 is 0 Å². The van der Waals surface area contributed by atoms with E-state index in [9.17, 15) is 5.26 Å². The highest BCUT2D eigenvalue weighted by Crippen LogP contribution is 2.41. The Balaban J connectivity index is 2.24. The first kappa shape index (κ1) is 11.6. The lowest BCUT2D eigenvalue weighted by Crippen LogP contribution is -2.35. The third-order valence-corrected chi connectivity index (χ3v) is 3.92. The zero-order valence-electron chi connectivity index (χ0n) is 9.86. The molecule has 16 heavy (non-hydrogen) atoms. The lowest BCUT2D eigenvalue weighted by atomic mass is 9.74. The maximum atomic E-state index is 9.29. The van der Waals surface area contributed by atoms with E-state index in [4.69, 9.17) is 4.89 Å². The van der Waals surface area contributed by atoms with Crippen LogP contribution in [-0.2, 0) is 10.5 Å². The lowest BCUT2D eigenvalue weighted by molar-refractivity contribution is -0.341. The second kappa shape index (κ2) is 4.98. The first-order valence-corrected chi connectivity index (χ1v) is 6.15. The molecule has 0 saturated heterocycles. The molecule has 1 fully saturated rings. The largest absolute Gasteiger partial charge is 0.251 e. The van der Waals surface area contributed by atoms with Gasteiger partial charge in [0.15, 0.2) is 0 Å². The third-order valence-electron chi connectivity index (χ3n) is 3.92. The normalized spacial score (nSPS) is 21.6. The van der Waals surface area contributed by atoms with Gasteiger partial charge in [0.25, 0.3) is 0 Å². The summed E-state index contributed by atoms with van der Waals surface area (Å²) in [4.78, 5) is 4.86. The molecule has 0 radical (unpaired) electrons.